The van der Waals surface area contributed by atoms with E-state index in [-0.39, 0.29) is 5.91 Å². The van der Waals surface area contributed by atoms with Crippen LogP contribution in [-0.4, -0.2) is 43.6 Å². The number of imidazole rings is 1. The van der Waals surface area contributed by atoms with Gasteiger partial charge in [-0.3, -0.25) is 9.48 Å². The highest BCUT2D eigenvalue weighted by molar-refractivity contribution is 5.76. The Morgan fingerprint density at radius 3 is 3.15 bits per heavy atom. The summed E-state index contributed by atoms with van der Waals surface area (Å²) in [6.45, 7) is 3.89. The molecule has 1 atom stereocenters. The smallest absolute Gasteiger partial charge is 0.244 e. The van der Waals surface area contributed by atoms with Crippen LogP contribution in [0, 0.1) is 6.92 Å². The lowest BCUT2D eigenvalue weighted by molar-refractivity contribution is -0.133. The summed E-state index contributed by atoms with van der Waals surface area (Å²) in [7, 11) is 0. The predicted molar refractivity (Wildman–Crippen MR) is 74.1 cm³/mol. The number of likely N-dealkylation sites (tertiary alicyclic amines) is 1. The first-order valence-electron chi connectivity index (χ1n) is 6.99. The molecular weight excluding hydrogens is 254 g/mol. The first-order valence-corrected chi connectivity index (χ1v) is 6.99. The lowest BCUT2D eigenvalue weighted by Gasteiger charge is -2.31. The van der Waals surface area contributed by atoms with Gasteiger partial charge in [-0.05, 0) is 25.8 Å². The van der Waals surface area contributed by atoms with E-state index in [0.717, 1.165) is 37.4 Å². The molecule has 0 unspecified atom stereocenters. The molecule has 1 amide bonds. The molecule has 1 fully saturated rings. The standard InChI is InChI=1S/C14H19N5O/c1-11-8-15-14(17-11)12-4-2-6-18(9-12)13(20)10-19-7-3-5-16-19/h3,5,7-8,12H,2,4,6,9-10H2,1H3,(H,15,17)/t12-/m0/s1. The van der Waals surface area contributed by atoms with Crippen LogP contribution < -0.4 is 0 Å². The predicted octanol–water partition coefficient (Wildman–Crippen LogP) is 1.32. The third-order valence-electron chi connectivity index (χ3n) is 3.74. The van der Waals surface area contributed by atoms with Crippen LogP contribution in [0.15, 0.2) is 24.7 Å². The number of hydrogen-bond acceptors (Lipinski definition) is 3. The fourth-order valence-corrected chi connectivity index (χ4v) is 2.70. The molecule has 1 aliphatic rings. The van der Waals surface area contributed by atoms with Gasteiger partial charge in [0.2, 0.25) is 5.91 Å². The van der Waals surface area contributed by atoms with E-state index in [0.29, 0.717) is 12.5 Å². The molecule has 106 valence electrons. The fraction of sp³-hybridized carbons (Fsp3) is 0.500. The van der Waals surface area contributed by atoms with E-state index < -0.39 is 0 Å². The van der Waals surface area contributed by atoms with Gasteiger partial charge in [-0.2, -0.15) is 5.10 Å². The van der Waals surface area contributed by atoms with Crippen LogP contribution in [0.2, 0.25) is 0 Å². The molecule has 0 spiro atoms. The lowest BCUT2D eigenvalue weighted by Crippen LogP contribution is -2.41. The van der Waals surface area contributed by atoms with Gasteiger partial charge in [-0.25, -0.2) is 4.98 Å². The van der Waals surface area contributed by atoms with Crippen LogP contribution in [-0.2, 0) is 11.3 Å². The molecule has 20 heavy (non-hydrogen) atoms. The summed E-state index contributed by atoms with van der Waals surface area (Å²) in [5, 5.41) is 4.08. The number of aromatic nitrogens is 4. The topological polar surface area (TPSA) is 66.8 Å². The van der Waals surface area contributed by atoms with Crippen LogP contribution in [0.5, 0.6) is 0 Å². The Hall–Kier alpha value is -2.11. The second kappa shape index (κ2) is 5.48. The molecule has 6 heteroatoms. The number of nitrogens with one attached hydrogen (secondary N) is 1. The number of carbonyl (C=O) groups is 1. The zero-order chi connectivity index (χ0) is 13.9. The summed E-state index contributed by atoms with van der Waals surface area (Å²) in [5.41, 5.74) is 1.07. The van der Waals surface area contributed by atoms with Gasteiger partial charge in [0, 0.05) is 43.3 Å². The van der Waals surface area contributed by atoms with Crippen molar-refractivity contribution in [3.8, 4) is 0 Å². The van der Waals surface area contributed by atoms with Gasteiger partial charge >= 0.3 is 0 Å². The molecule has 1 saturated heterocycles. The molecule has 3 heterocycles. The minimum Gasteiger partial charge on any atom is -0.346 e. The summed E-state index contributed by atoms with van der Waals surface area (Å²) in [5.74, 6) is 1.44. The lowest BCUT2D eigenvalue weighted by atomic mass is 9.97. The van der Waals surface area contributed by atoms with Crippen molar-refractivity contribution in [3.05, 3.63) is 36.2 Å². The second-order valence-electron chi connectivity index (χ2n) is 5.33. The Bertz CT molecular complexity index is 574. The summed E-state index contributed by atoms with van der Waals surface area (Å²) in [6.07, 6.45) is 7.46. The number of amides is 1. The third kappa shape index (κ3) is 2.74. The number of aryl methyl sites for hydroxylation is 1. The van der Waals surface area contributed by atoms with Gasteiger partial charge in [-0.15, -0.1) is 0 Å². The van der Waals surface area contributed by atoms with E-state index in [2.05, 4.69) is 15.1 Å². The van der Waals surface area contributed by atoms with Crippen LogP contribution in [0.25, 0.3) is 0 Å². The Kier molecular flexibility index (Phi) is 3.54. The van der Waals surface area contributed by atoms with Crippen molar-refractivity contribution in [2.45, 2.75) is 32.2 Å². The molecule has 2 aromatic rings. The van der Waals surface area contributed by atoms with Gasteiger partial charge in [0.1, 0.15) is 12.4 Å². The minimum atomic E-state index is 0.127. The molecule has 1 N–H and O–H groups in total. The van der Waals surface area contributed by atoms with E-state index in [1.54, 1.807) is 10.9 Å². The van der Waals surface area contributed by atoms with Crippen molar-refractivity contribution in [1.29, 1.82) is 0 Å². The molecule has 0 radical (unpaired) electrons. The van der Waals surface area contributed by atoms with Crippen LogP contribution in [0.3, 0.4) is 0 Å². The number of hydrogen-bond donors (Lipinski definition) is 1. The van der Waals surface area contributed by atoms with Gasteiger partial charge in [-0.1, -0.05) is 0 Å². The highest BCUT2D eigenvalue weighted by Gasteiger charge is 2.26. The summed E-state index contributed by atoms with van der Waals surface area (Å²) >= 11 is 0. The van der Waals surface area contributed by atoms with Crippen molar-refractivity contribution >= 4 is 5.91 Å². The number of aromatic amines is 1. The molecule has 0 aromatic carbocycles. The average Bonchev–Trinajstić information content (AvgIpc) is 3.10. The Labute approximate surface area is 117 Å². The molecule has 2 aromatic heterocycles. The quantitative estimate of drug-likeness (QED) is 0.917. The fourth-order valence-electron chi connectivity index (χ4n) is 2.70. The third-order valence-corrected chi connectivity index (χ3v) is 3.74. The maximum Gasteiger partial charge on any atom is 0.244 e. The number of rotatable bonds is 3. The van der Waals surface area contributed by atoms with Crippen molar-refractivity contribution in [2.75, 3.05) is 13.1 Å². The summed E-state index contributed by atoms with van der Waals surface area (Å²) in [4.78, 5) is 21.9. The maximum absolute atomic E-state index is 12.3. The van der Waals surface area contributed by atoms with Gasteiger partial charge in [0.15, 0.2) is 0 Å². The first-order chi connectivity index (χ1) is 9.72. The molecule has 3 rings (SSSR count). The normalized spacial score (nSPS) is 19.2. The van der Waals surface area contributed by atoms with Crippen LogP contribution >= 0.6 is 0 Å². The average molecular weight is 273 g/mol. The number of H-pyrrole nitrogens is 1. The molecule has 6 nitrogen and oxygen atoms in total. The molecule has 0 saturated carbocycles. The number of piperidine rings is 1. The number of carbonyl (C=O) groups excluding carboxylic acids is 1. The van der Waals surface area contributed by atoms with Gasteiger partial charge in [0.05, 0.1) is 0 Å². The Balaban J connectivity index is 1.64. The highest BCUT2D eigenvalue weighted by atomic mass is 16.2. The molecular formula is C14H19N5O. The van der Waals surface area contributed by atoms with E-state index in [9.17, 15) is 4.79 Å². The monoisotopic (exact) mass is 273 g/mol. The van der Waals surface area contributed by atoms with Crippen LogP contribution in [0.4, 0.5) is 0 Å². The van der Waals surface area contributed by atoms with E-state index >= 15 is 0 Å². The molecule has 0 bridgehead atoms. The first kappa shape index (κ1) is 12.9. The van der Waals surface area contributed by atoms with Crippen molar-refractivity contribution in [1.82, 2.24) is 24.6 Å². The van der Waals surface area contributed by atoms with E-state index in [1.807, 2.05) is 30.3 Å². The second-order valence-corrected chi connectivity index (χ2v) is 5.33. The van der Waals surface area contributed by atoms with E-state index in [1.165, 1.54) is 0 Å². The SMILES string of the molecule is Cc1cnc([C@H]2CCCN(C(=O)Cn3cccn3)C2)[nH]1. The number of nitrogens with zero attached hydrogens (tertiary/aromatic N) is 4. The molecule has 0 aliphatic carbocycles. The van der Waals surface area contributed by atoms with Crippen molar-refractivity contribution in [3.63, 3.8) is 0 Å². The highest BCUT2D eigenvalue weighted by Crippen LogP contribution is 2.24. The zero-order valence-electron chi connectivity index (χ0n) is 11.6. The van der Waals surface area contributed by atoms with Gasteiger partial charge in [0.25, 0.3) is 0 Å². The zero-order valence-corrected chi connectivity index (χ0v) is 11.6. The summed E-state index contributed by atoms with van der Waals surface area (Å²) < 4.78 is 1.67. The molecule has 1 aliphatic heterocycles. The Morgan fingerprint density at radius 2 is 2.45 bits per heavy atom. The minimum absolute atomic E-state index is 0.127. The van der Waals surface area contributed by atoms with Crippen molar-refractivity contribution in [2.24, 2.45) is 0 Å². The van der Waals surface area contributed by atoms with E-state index in [4.69, 9.17) is 0 Å². The maximum atomic E-state index is 12.3. The largest absolute Gasteiger partial charge is 0.346 e. The van der Waals surface area contributed by atoms with Crippen LogP contribution in [0.1, 0.15) is 30.3 Å². The summed E-state index contributed by atoms with van der Waals surface area (Å²) in [6, 6.07) is 1.83. The van der Waals surface area contributed by atoms with Gasteiger partial charge < -0.3 is 9.88 Å². The Morgan fingerprint density at radius 1 is 1.55 bits per heavy atom. The van der Waals surface area contributed by atoms with Crippen molar-refractivity contribution < 1.29 is 4.79 Å².